The number of hydrogen-bond acceptors (Lipinski definition) is 7. The summed E-state index contributed by atoms with van der Waals surface area (Å²) < 4.78 is 10.4. The summed E-state index contributed by atoms with van der Waals surface area (Å²) in [6.07, 6.45) is 0.517. The van der Waals surface area contributed by atoms with E-state index < -0.39 is 5.97 Å². The molecule has 1 fully saturated rings. The van der Waals surface area contributed by atoms with Gasteiger partial charge in [-0.15, -0.1) is 0 Å². The maximum absolute atomic E-state index is 11.6. The van der Waals surface area contributed by atoms with E-state index in [0.717, 1.165) is 31.3 Å². The number of carbonyl (C=O) groups is 1. The zero-order valence-corrected chi connectivity index (χ0v) is 14.9. The van der Waals surface area contributed by atoms with E-state index in [9.17, 15) is 4.79 Å². The van der Waals surface area contributed by atoms with Crippen LogP contribution in [0.3, 0.4) is 0 Å². The summed E-state index contributed by atoms with van der Waals surface area (Å²) in [7, 11) is 3.28. The quantitative estimate of drug-likeness (QED) is 0.760. The highest BCUT2D eigenvalue weighted by molar-refractivity contribution is 7.18. The third-order valence-corrected chi connectivity index (χ3v) is 5.05. The fourth-order valence-electron chi connectivity index (χ4n) is 2.53. The lowest BCUT2D eigenvalue weighted by Crippen LogP contribution is -2.47. The fourth-order valence-corrected chi connectivity index (χ4v) is 3.71. The molecule has 2 atom stereocenters. The molecule has 0 radical (unpaired) electrons. The van der Waals surface area contributed by atoms with Gasteiger partial charge in [-0.05, 0) is 13.8 Å². The van der Waals surface area contributed by atoms with Crippen LogP contribution in [0.15, 0.2) is 0 Å². The number of halogens is 1. The molecule has 2 heterocycles. The Bertz CT molecular complexity index is 515. The maximum atomic E-state index is 11.6. The zero-order valence-electron chi connectivity index (χ0n) is 13.3. The van der Waals surface area contributed by atoms with Crippen LogP contribution in [-0.4, -0.2) is 68.4 Å². The highest BCUT2D eigenvalue weighted by Gasteiger charge is 2.23. The number of methoxy groups -OCH3 is 1. The van der Waals surface area contributed by atoms with Crippen molar-refractivity contribution in [1.29, 1.82) is 0 Å². The maximum Gasteiger partial charge on any atom is 0.351 e. The molecule has 2 rings (SSSR count). The summed E-state index contributed by atoms with van der Waals surface area (Å²) >= 11 is 7.25. The molecular weight excluding hydrogens is 326 g/mol. The van der Waals surface area contributed by atoms with Gasteiger partial charge in [0.25, 0.3) is 0 Å². The molecule has 0 bridgehead atoms. The van der Waals surface area contributed by atoms with Gasteiger partial charge in [0, 0.05) is 33.2 Å². The Morgan fingerprint density at radius 2 is 2.14 bits per heavy atom. The van der Waals surface area contributed by atoms with Crippen LogP contribution in [-0.2, 0) is 9.47 Å². The Labute approximate surface area is 140 Å². The number of thiazole rings is 1. The van der Waals surface area contributed by atoms with Crippen molar-refractivity contribution in [2.45, 2.75) is 26.1 Å². The second-order valence-electron chi connectivity index (χ2n) is 5.55. The first-order valence-corrected chi connectivity index (χ1v) is 8.43. The second-order valence-corrected chi connectivity index (χ2v) is 6.88. The zero-order chi connectivity index (χ0) is 16.3. The van der Waals surface area contributed by atoms with Crippen LogP contribution in [0.5, 0.6) is 0 Å². The van der Waals surface area contributed by atoms with Crippen molar-refractivity contribution in [3.8, 4) is 0 Å². The molecule has 8 heteroatoms. The number of hydrogen-bond donors (Lipinski definition) is 0. The lowest BCUT2D eigenvalue weighted by atomic mass is 10.2. The minimum atomic E-state index is -0.446. The summed E-state index contributed by atoms with van der Waals surface area (Å²) in [5.74, 6) is -0.446. The van der Waals surface area contributed by atoms with Crippen LogP contribution in [0, 0.1) is 0 Å². The topological polar surface area (TPSA) is 54.9 Å². The molecule has 0 spiro atoms. The number of esters is 1. The number of anilines is 1. The lowest BCUT2D eigenvalue weighted by molar-refractivity contribution is -0.0670. The lowest BCUT2D eigenvalue weighted by Gasteiger charge is -2.36. The molecule has 0 aromatic carbocycles. The molecule has 0 unspecified atom stereocenters. The number of likely N-dealkylation sites (N-methyl/N-ethyl adjacent to an activating group) is 1. The molecule has 1 aliphatic rings. The van der Waals surface area contributed by atoms with Crippen LogP contribution >= 0.6 is 22.9 Å². The summed E-state index contributed by atoms with van der Waals surface area (Å²) in [4.78, 5) is 20.5. The highest BCUT2D eigenvalue weighted by Crippen LogP contribution is 2.29. The molecule has 1 saturated heterocycles. The Morgan fingerprint density at radius 1 is 1.50 bits per heavy atom. The SMILES string of the molecule is COC(=O)c1sc(N(C)CCN2C[C@@H](C)O[C@@H](C)C2)nc1Cl. The van der Waals surface area contributed by atoms with Gasteiger partial charge in [-0.25, -0.2) is 9.78 Å². The number of carbonyl (C=O) groups excluding carboxylic acids is 1. The van der Waals surface area contributed by atoms with Crippen LogP contribution in [0.2, 0.25) is 5.15 Å². The van der Waals surface area contributed by atoms with Gasteiger partial charge in [-0.3, -0.25) is 4.90 Å². The average molecular weight is 348 g/mol. The van der Waals surface area contributed by atoms with Gasteiger partial charge in [0.15, 0.2) is 15.2 Å². The van der Waals surface area contributed by atoms with Gasteiger partial charge in [0.1, 0.15) is 0 Å². The Morgan fingerprint density at radius 3 is 2.73 bits per heavy atom. The number of nitrogens with zero attached hydrogens (tertiary/aromatic N) is 3. The Hall–Kier alpha value is -0.890. The molecule has 0 saturated carbocycles. The van der Waals surface area contributed by atoms with Crippen molar-refractivity contribution in [3.05, 3.63) is 10.0 Å². The third kappa shape index (κ3) is 4.32. The van der Waals surface area contributed by atoms with Crippen LogP contribution in [0.1, 0.15) is 23.5 Å². The summed E-state index contributed by atoms with van der Waals surface area (Å²) in [6, 6.07) is 0. The summed E-state index contributed by atoms with van der Waals surface area (Å²) in [5, 5.41) is 0.923. The fraction of sp³-hybridized carbons (Fsp3) is 0.714. The Balaban J connectivity index is 1.92. The van der Waals surface area contributed by atoms with E-state index in [-0.39, 0.29) is 17.4 Å². The van der Waals surface area contributed by atoms with Gasteiger partial charge < -0.3 is 14.4 Å². The first kappa shape index (κ1) is 17.5. The van der Waals surface area contributed by atoms with Crippen molar-refractivity contribution < 1.29 is 14.3 Å². The minimum absolute atomic E-state index is 0.201. The number of ether oxygens (including phenoxy) is 2. The molecule has 6 nitrogen and oxygen atoms in total. The third-order valence-electron chi connectivity index (χ3n) is 3.52. The molecule has 22 heavy (non-hydrogen) atoms. The monoisotopic (exact) mass is 347 g/mol. The highest BCUT2D eigenvalue weighted by atomic mass is 35.5. The van der Waals surface area contributed by atoms with Crippen molar-refractivity contribution >= 4 is 34.0 Å². The van der Waals surface area contributed by atoms with Gasteiger partial charge in [0.05, 0.1) is 19.3 Å². The van der Waals surface area contributed by atoms with Crippen molar-refractivity contribution in [2.75, 3.05) is 45.2 Å². The molecule has 124 valence electrons. The first-order chi connectivity index (χ1) is 10.4. The van der Waals surface area contributed by atoms with E-state index in [4.69, 9.17) is 21.1 Å². The molecule has 0 aliphatic carbocycles. The van der Waals surface area contributed by atoms with E-state index in [1.807, 2.05) is 11.9 Å². The second kappa shape index (κ2) is 7.59. The standard InChI is InChI=1S/C14H22ClN3O3S/c1-9-7-18(8-10(2)21-9)6-5-17(3)14-16-12(15)11(22-14)13(19)20-4/h9-10H,5-8H2,1-4H3/t9-,10+. The molecule has 1 aromatic rings. The Kier molecular flexibility index (Phi) is 6.02. The van der Waals surface area contributed by atoms with Crippen LogP contribution in [0.4, 0.5) is 5.13 Å². The minimum Gasteiger partial charge on any atom is -0.465 e. The number of morpholine rings is 1. The predicted molar refractivity (Wildman–Crippen MR) is 88.2 cm³/mol. The molecule has 1 aromatic heterocycles. The predicted octanol–water partition coefficient (Wildman–Crippen LogP) is 2.13. The van der Waals surface area contributed by atoms with Crippen LogP contribution in [0.25, 0.3) is 0 Å². The normalized spacial score (nSPS) is 22.6. The summed E-state index contributed by atoms with van der Waals surface area (Å²) in [6.45, 7) is 7.78. The summed E-state index contributed by atoms with van der Waals surface area (Å²) in [5.41, 5.74) is 0. The number of rotatable bonds is 5. The van der Waals surface area contributed by atoms with Gasteiger partial charge >= 0.3 is 5.97 Å². The van der Waals surface area contributed by atoms with E-state index in [2.05, 4.69) is 23.7 Å². The molecule has 0 amide bonds. The van der Waals surface area contributed by atoms with E-state index in [1.165, 1.54) is 18.4 Å². The van der Waals surface area contributed by atoms with Crippen LogP contribution < -0.4 is 4.90 Å². The van der Waals surface area contributed by atoms with E-state index in [1.54, 1.807) is 0 Å². The van der Waals surface area contributed by atoms with Gasteiger partial charge in [-0.2, -0.15) is 0 Å². The number of aromatic nitrogens is 1. The first-order valence-electron chi connectivity index (χ1n) is 7.24. The van der Waals surface area contributed by atoms with Crippen molar-refractivity contribution in [2.24, 2.45) is 0 Å². The van der Waals surface area contributed by atoms with E-state index in [0.29, 0.717) is 4.88 Å². The largest absolute Gasteiger partial charge is 0.465 e. The van der Waals surface area contributed by atoms with E-state index >= 15 is 0 Å². The smallest absolute Gasteiger partial charge is 0.351 e. The van der Waals surface area contributed by atoms with Gasteiger partial charge in [-0.1, -0.05) is 22.9 Å². The average Bonchev–Trinajstić information content (AvgIpc) is 2.85. The molecule has 1 aliphatic heterocycles. The molecule has 0 N–H and O–H groups in total. The van der Waals surface area contributed by atoms with Gasteiger partial charge in [0.2, 0.25) is 0 Å². The molecular formula is C14H22ClN3O3S. The van der Waals surface area contributed by atoms with Crippen molar-refractivity contribution in [3.63, 3.8) is 0 Å². The van der Waals surface area contributed by atoms with Crippen molar-refractivity contribution in [1.82, 2.24) is 9.88 Å².